The van der Waals surface area contributed by atoms with Crippen LogP contribution in [0.2, 0.25) is 0 Å². The minimum absolute atomic E-state index is 0.00138. The summed E-state index contributed by atoms with van der Waals surface area (Å²) < 4.78 is 5.75. The van der Waals surface area contributed by atoms with Crippen molar-refractivity contribution in [2.45, 2.75) is 45.4 Å². The molecule has 2 saturated heterocycles. The van der Waals surface area contributed by atoms with Gasteiger partial charge in [0.25, 0.3) is 0 Å². The molecular formula is C14H25N3O3. The van der Waals surface area contributed by atoms with E-state index in [-0.39, 0.29) is 24.0 Å². The van der Waals surface area contributed by atoms with E-state index < -0.39 is 6.04 Å². The summed E-state index contributed by atoms with van der Waals surface area (Å²) in [7, 11) is 0. The van der Waals surface area contributed by atoms with Gasteiger partial charge in [-0.25, -0.2) is 0 Å². The molecule has 20 heavy (non-hydrogen) atoms. The minimum atomic E-state index is -0.411. The number of nitrogens with one attached hydrogen (secondary N) is 1. The number of hydrogen-bond donors (Lipinski definition) is 1. The van der Waals surface area contributed by atoms with Crippen molar-refractivity contribution in [3.05, 3.63) is 0 Å². The molecule has 0 spiro atoms. The van der Waals surface area contributed by atoms with Crippen molar-refractivity contribution in [1.29, 1.82) is 0 Å². The summed E-state index contributed by atoms with van der Waals surface area (Å²) in [5.74, 6) is -0.0589. The van der Waals surface area contributed by atoms with Crippen LogP contribution >= 0.6 is 0 Å². The molecular weight excluding hydrogens is 258 g/mol. The van der Waals surface area contributed by atoms with E-state index in [9.17, 15) is 9.59 Å². The van der Waals surface area contributed by atoms with Crippen molar-refractivity contribution in [1.82, 2.24) is 15.1 Å². The number of hydrogen-bond acceptors (Lipinski definition) is 4. The van der Waals surface area contributed by atoms with Crippen molar-refractivity contribution >= 4 is 11.8 Å². The Balaban J connectivity index is 2.01. The molecule has 6 nitrogen and oxygen atoms in total. The SMILES string of the molecule is CCC1NC(=O)C(C)N(CC2CN(CC)CCO2)C1=O. The molecule has 0 aromatic carbocycles. The first-order valence-electron chi connectivity index (χ1n) is 7.51. The Bertz CT molecular complexity index is 375. The van der Waals surface area contributed by atoms with Gasteiger partial charge in [0.05, 0.1) is 12.7 Å². The Kier molecular flexibility index (Phi) is 4.99. The maximum atomic E-state index is 12.4. The Morgan fingerprint density at radius 3 is 2.75 bits per heavy atom. The minimum Gasteiger partial charge on any atom is -0.374 e. The Labute approximate surface area is 120 Å². The molecule has 2 aliphatic heterocycles. The second-order valence-electron chi connectivity index (χ2n) is 5.52. The van der Waals surface area contributed by atoms with E-state index in [4.69, 9.17) is 4.74 Å². The molecule has 0 radical (unpaired) electrons. The average molecular weight is 283 g/mol. The first kappa shape index (κ1) is 15.3. The summed E-state index contributed by atoms with van der Waals surface area (Å²) in [5, 5.41) is 2.77. The van der Waals surface area contributed by atoms with Crippen LogP contribution < -0.4 is 5.32 Å². The van der Waals surface area contributed by atoms with Crippen LogP contribution in [0.25, 0.3) is 0 Å². The number of ether oxygens (including phenoxy) is 1. The van der Waals surface area contributed by atoms with Gasteiger partial charge in [0.15, 0.2) is 0 Å². The molecule has 0 aliphatic carbocycles. The van der Waals surface area contributed by atoms with Crippen molar-refractivity contribution in [3.63, 3.8) is 0 Å². The zero-order chi connectivity index (χ0) is 14.7. The van der Waals surface area contributed by atoms with Crippen LogP contribution in [-0.2, 0) is 14.3 Å². The highest BCUT2D eigenvalue weighted by Gasteiger charge is 2.38. The molecule has 0 bridgehead atoms. The average Bonchev–Trinajstić information content (AvgIpc) is 2.47. The third-order valence-electron chi connectivity index (χ3n) is 4.22. The molecule has 1 N–H and O–H groups in total. The lowest BCUT2D eigenvalue weighted by Gasteiger charge is -2.41. The number of rotatable bonds is 4. The fourth-order valence-corrected chi connectivity index (χ4v) is 2.81. The summed E-state index contributed by atoms with van der Waals surface area (Å²) in [6, 6.07) is -0.796. The predicted octanol–water partition coefficient (Wildman–Crippen LogP) is -0.167. The van der Waals surface area contributed by atoms with Crippen LogP contribution in [0.3, 0.4) is 0 Å². The van der Waals surface area contributed by atoms with E-state index in [1.807, 2.05) is 6.92 Å². The van der Waals surface area contributed by atoms with Gasteiger partial charge in [-0.05, 0) is 19.9 Å². The number of morpholine rings is 1. The molecule has 0 aromatic rings. The van der Waals surface area contributed by atoms with Gasteiger partial charge >= 0.3 is 0 Å². The molecule has 114 valence electrons. The number of piperazine rings is 1. The van der Waals surface area contributed by atoms with Gasteiger partial charge in [-0.2, -0.15) is 0 Å². The summed E-state index contributed by atoms with van der Waals surface area (Å²) in [6.45, 7) is 9.75. The molecule has 6 heteroatoms. The van der Waals surface area contributed by atoms with Gasteiger partial charge in [0.1, 0.15) is 12.1 Å². The smallest absolute Gasteiger partial charge is 0.245 e. The maximum Gasteiger partial charge on any atom is 0.245 e. The van der Waals surface area contributed by atoms with Crippen molar-refractivity contribution in [3.8, 4) is 0 Å². The first-order chi connectivity index (χ1) is 9.56. The number of carbonyl (C=O) groups is 2. The summed E-state index contributed by atoms with van der Waals surface area (Å²) >= 11 is 0. The van der Waals surface area contributed by atoms with Crippen molar-refractivity contribution < 1.29 is 14.3 Å². The van der Waals surface area contributed by atoms with Crippen LogP contribution in [0.1, 0.15) is 27.2 Å². The van der Waals surface area contributed by atoms with Crippen LogP contribution in [0.5, 0.6) is 0 Å². The lowest BCUT2D eigenvalue weighted by molar-refractivity contribution is -0.152. The third-order valence-corrected chi connectivity index (χ3v) is 4.22. The number of likely N-dealkylation sites (N-methyl/N-ethyl adjacent to an activating group) is 1. The van der Waals surface area contributed by atoms with Crippen molar-refractivity contribution in [2.24, 2.45) is 0 Å². The second kappa shape index (κ2) is 6.54. The quantitative estimate of drug-likeness (QED) is 0.778. The molecule has 0 aromatic heterocycles. The van der Waals surface area contributed by atoms with Crippen molar-refractivity contribution in [2.75, 3.05) is 32.8 Å². The zero-order valence-electron chi connectivity index (χ0n) is 12.6. The Hall–Kier alpha value is -1.14. The predicted molar refractivity (Wildman–Crippen MR) is 75.3 cm³/mol. The molecule has 2 heterocycles. The molecule has 2 rings (SSSR count). The molecule has 2 amide bonds. The largest absolute Gasteiger partial charge is 0.374 e. The molecule has 0 saturated carbocycles. The van der Waals surface area contributed by atoms with Gasteiger partial charge in [-0.15, -0.1) is 0 Å². The van der Waals surface area contributed by atoms with Gasteiger partial charge < -0.3 is 15.0 Å². The summed E-state index contributed by atoms with van der Waals surface area (Å²) in [5.41, 5.74) is 0. The molecule has 3 atom stereocenters. The Morgan fingerprint density at radius 2 is 2.10 bits per heavy atom. The van der Waals surface area contributed by atoms with E-state index in [0.29, 0.717) is 19.6 Å². The highest BCUT2D eigenvalue weighted by Crippen LogP contribution is 2.15. The first-order valence-corrected chi connectivity index (χ1v) is 7.51. The van der Waals surface area contributed by atoms with Crippen LogP contribution in [0.15, 0.2) is 0 Å². The maximum absolute atomic E-state index is 12.4. The fraction of sp³-hybridized carbons (Fsp3) is 0.857. The highest BCUT2D eigenvalue weighted by molar-refractivity contribution is 5.96. The number of carbonyl (C=O) groups excluding carboxylic acids is 2. The van der Waals surface area contributed by atoms with Gasteiger partial charge in [0.2, 0.25) is 11.8 Å². The van der Waals surface area contributed by atoms with E-state index >= 15 is 0 Å². The van der Waals surface area contributed by atoms with Gasteiger partial charge in [0, 0.05) is 19.6 Å². The van der Waals surface area contributed by atoms with E-state index in [2.05, 4.69) is 17.1 Å². The number of nitrogens with zero attached hydrogens (tertiary/aromatic N) is 2. The highest BCUT2D eigenvalue weighted by atomic mass is 16.5. The second-order valence-corrected chi connectivity index (χ2v) is 5.52. The fourth-order valence-electron chi connectivity index (χ4n) is 2.81. The van der Waals surface area contributed by atoms with E-state index in [1.54, 1.807) is 11.8 Å². The topological polar surface area (TPSA) is 61.9 Å². The standard InChI is InChI=1S/C14H25N3O3/c1-4-12-14(19)17(10(3)13(18)15-12)9-11-8-16(5-2)6-7-20-11/h10-12H,4-9H2,1-3H3,(H,15,18). The van der Waals surface area contributed by atoms with Crippen LogP contribution in [0, 0.1) is 0 Å². The molecule has 2 fully saturated rings. The monoisotopic (exact) mass is 283 g/mol. The van der Waals surface area contributed by atoms with E-state index in [0.717, 1.165) is 19.6 Å². The van der Waals surface area contributed by atoms with Gasteiger partial charge in [-0.1, -0.05) is 13.8 Å². The lowest BCUT2D eigenvalue weighted by Crippen LogP contribution is -2.64. The Morgan fingerprint density at radius 1 is 1.35 bits per heavy atom. The normalized spacial score (nSPS) is 32.4. The molecule has 2 aliphatic rings. The van der Waals surface area contributed by atoms with E-state index in [1.165, 1.54) is 0 Å². The summed E-state index contributed by atoms with van der Waals surface area (Å²) in [6.07, 6.45) is 0.624. The number of amides is 2. The van der Waals surface area contributed by atoms with Crippen LogP contribution in [-0.4, -0.2) is 72.6 Å². The third kappa shape index (κ3) is 3.12. The molecule has 3 unspecified atom stereocenters. The zero-order valence-corrected chi connectivity index (χ0v) is 12.6. The lowest BCUT2D eigenvalue weighted by atomic mass is 10.1. The van der Waals surface area contributed by atoms with Crippen LogP contribution in [0.4, 0.5) is 0 Å². The summed E-state index contributed by atoms with van der Waals surface area (Å²) in [4.78, 5) is 28.3. The van der Waals surface area contributed by atoms with Gasteiger partial charge in [-0.3, -0.25) is 14.5 Å².